The number of amides is 2. The van der Waals surface area contributed by atoms with Crippen molar-refractivity contribution in [3.63, 3.8) is 0 Å². The molecule has 1 aliphatic heterocycles. The summed E-state index contributed by atoms with van der Waals surface area (Å²) in [6, 6.07) is 1.74. The molecule has 2 heterocycles. The molecule has 0 radical (unpaired) electrons. The van der Waals surface area contributed by atoms with Crippen molar-refractivity contribution in [3.8, 4) is 0 Å². The zero-order valence-corrected chi connectivity index (χ0v) is 16.3. The van der Waals surface area contributed by atoms with Gasteiger partial charge in [0.25, 0.3) is 5.91 Å². The largest absolute Gasteiger partial charge is 0.383 e. The van der Waals surface area contributed by atoms with E-state index in [0.29, 0.717) is 32.0 Å². The average Bonchev–Trinajstić information content (AvgIpc) is 3.43. The summed E-state index contributed by atoms with van der Waals surface area (Å²) in [6.45, 7) is 2.43. The van der Waals surface area contributed by atoms with Crippen molar-refractivity contribution < 1.29 is 18.7 Å². The van der Waals surface area contributed by atoms with Gasteiger partial charge in [-0.05, 0) is 37.7 Å². The standard InChI is InChI=1S/C20H29FN4O3/c1-28-9-8-23-19(26)10-15-4-5-16(25(15)13-14-2-3-14)11-24-20(27)17-6-7-22-12-18(17)21/h6-7,12,14-16H,2-5,8-11,13H2,1H3,(H,23,26)(H,24,27)/t15-,16+/m1/s1. The second kappa shape index (κ2) is 9.93. The van der Waals surface area contributed by atoms with Crippen molar-refractivity contribution in [3.05, 3.63) is 29.8 Å². The molecular weight excluding hydrogens is 363 g/mol. The molecule has 0 bridgehead atoms. The van der Waals surface area contributed by atoms with Gasteiger partial charge in [-0.3, -0.25) is 19.5 Å². The second-order valence-electron chi connectivity index (χ2n) is 7.64. The maximum absolute atomic E-state index is 13.7. The van der Waals surface area contributed by atoms with E-state index in [-0.39, 0.29) is 23.6 Å². The Morgan fingerprint density at radius 2 is 2.04 bits per heavy atom. The normalized spacial score (nSPS) is 22.2. The van der Waals surface area contributed by atoms with E-state index in [0.717, 1.165) is 25.6 Å². The Labute approximate surface area is 165 Å². The minimum absolute atomic E-state index is 0.0100. The van der Waals surface area contributed by atoms with Crippen LogP contribution in [-0.2, 0) is 9.53 Å². The van der Waals surface area contributed by atoms with Crippen molar-refractivity contribution in [1.29, 1.82) is 0 Å². The van der Waals surface area contributed by atoms with Gasteiger partial charge in [0.2, 0.25) is 5.91 Å². The molecule has 1 saturated heterocycles. The highest BCUT2D eigenvalue weighted by Gasteiger charge is 2.38. The third-order valence-electron chi connectivity index (χ3n) is 5.50. The smallest absolute Gasteiger partial charge is 0.254 e. The molecule has 154 valence electrons. The third-order valence-corrected chi connectivity index (χ3v) is 5.50. The van der Waals surface area contributed by atoms with Gasteiger partial charge >= 0.3 is 0 Å². The molecule has 2 atom stereocenters. The van der Waals surface area contributed by atoms with Crippen molar-refractivity contribution in [2.24, 2.45) is 5.92 Å². The molecule has 8 heteroatoms. The van der Waals surface area contributed by atoms with Gasteiger partial charge in [0, 0.05) is 51.4 Å². The molecular formula is C20H29FN4O3. The predicted octanol–water partition coefficient (Wildman–Crippen LogP) is 1.35. The molecule has 1 aromatic rings. The van der Waals surface area contributed by atoms with Gasteiger partial charge < -0.3 is 15.4 Å². The van der Waals surface area contributed by atoms with E-state index in [1.54, 1.807) is 7.11 Å². The molecule has 2 amide bonds. The lowest BCUT2D eigenvalue weighted by Crippen LogP contribution is -2.45. The van der Waals surface area contributed by atoms with Gasteiger partial charge in [-0.15, -0.1) is 0 Å². The molecule has 2 aliphatic rings. The summed E-state index contributed by atoms with van der Waals surface area (Å²) in [5, 5.41) is 5.74. The number of hydrogen-bond donors (Lipinski definition) is 2. The number of hydrogen-bond acceptors (Lipinski definition) is 5. The summed E-state index contributed by atoms with van der Waals surface area (Å²) in [7, 11) is 1.61. The molecule has 2 fully saturated rings. The van der Waals surface area contributed by atoms with Gasteiger partial charge in [-0.1, -0.05) is 0 Å². The first-order valence-corrected chi connectivity index (χ1v) is 9.97. The fourth-order valence-electron chi connectivity index (χ4n) is 3.79. The van der Waals surface area contributed by atoms with E-state index in [9.17, 15) is 14.0 Å². The number of ether oxygens (including phenoxy) is 1. The maximum atomic E-state index is 13.7. The zero-order valence-electron chi connectivity index (χ0n) is 16.3. The lowest BCUT2D eigenvalue weighted by Gasteiger charge is -2.30. The van der Waals surface area contributed by atoms with Gasteiger partial charge in [0.1, 0.15) is 0 Å². The summed E-state index contributed by atoms with van der Waals surface area (Å²) in [5.41, 5.74) is 0.0100. The lowest BCUT2D eigenvalue weighted by atomic mass is 10.1. The number of halogens is 1. The minimum Gasteiger partial charge on any atom is -0.383 e. The molecule has 28 heavy (non-hydrogen) atoms. The summed E-state index contributed by atoms with van der Waals surface area (Å²) >= 11 is 0. The van der Waals surface area contributed by atoms with Crippen LogP contribution < -0.4 is 10.6 Å². The van der Waals surface area contributed by atoms with Crippen LogP contribution in [0.1, 0.15) is 42.5 Å². The Morgan fingerprint density at radius 3 is 2.75 bits per heavy atom. The molecule has 3 rings (SSSR count). The number of pyridine rings is 1. The van der Waals surface area contributed by atoms with Crippen LogP contribution in [0.15, 0.2) is 18.5 Å². The van der Waals surface area contributed by atoms with Crippen LogP contribution in [0.25, 0.3) is 0 Å². The summed E-state index contributed by atoms with van der Waals surface area (Å²) in [4.78, 5) is 30.5. The molecule has 1 saturated carbocycles. The highest BCUT2D eigenvalue weighted by molar-refractivity contribution is 5.94. The zero-order chi connectivity index (χ0) is 19.9. The molecule has 2 N–H and O–H groups in total. The summed E-state index contributed by atoms with van der Waals surface area (Å²) < 4.78 is 18.7. The molecule has 7 nitrogen and oxygen atoms in total. The number of rotatable bonds is 10. The van der Waals surface area contributed by atoms with Crippen LogP contribution in [0.4, 0.5) is 4.39 Å². The fourth-order valence-corrected chi connectivity index (χ4v) is 3.79. The lowest BCUT2D eigenvalue weighted by molar-refractivity contribution is -0.122. The van der Waals surface area contributed by atoms with E-state index in [4.69, 9.17) is 4.74 Å². The van der Waals surface area contributed by atoms with Crippen LogP contribution >= 0.6 is 0 Å². The number of nitrogens with one attached hydrogen (secondary N) is 2. The molecule has 1 aromatic heterocycles. The van der Waals surface area contributed by atoms with E-state index in [1.807, 2.05) is 0 Å². The maximum Gasteiger partial charge on any atom is 0.254 e. The predicted molar refractivity (Wildman–Crippen MR) is 102 cm³/mol. The Bertz CT molecular complexity index is 683. The van der Waals surface area contributed by atoms with Crippen LogP contribution in [-0.4, -0.2) is 67.1 Å². The SMILES string of the molecule is COCCNC(=O)C[C@H]1CC[C@@H](CNC(=O)c2ccncc2F)N1CC1CC1. The van der Waals surface area contributed by atoms with Crippen molar-refractivity contribution in [1.82, 2.24) is 20.5 Å². The Kier molecular flexibility index (Phi) is 7.33. The number of carbonyl (C=O) groups is 2. The molecule has 0 unspecified atom stereocenters. The molecule has 0 spiro atoms. The number of nitrogens with zero attached hydrogens (tertiary/aromatic N) is 2. The summed E-state index contributed by atoms with van der Waals surface area (Å²) in [6.07, 6.45) is 7.21. The van der Waals surface area contributed by atoms with E-state index in [2.05, 4.69) is 20.5 Å². The highest BCUT2D eigenvalue weighted by Crippen LogP contribution is 2.35. The van der Waals surface area contributed by atoms with Crippen LogP contribution in [0, 0.1) is 11.7 Å². The highest BCUT2D eigenvalue weighted by atomic mass is 19.1. The number of aromatic nitrogens is 1. The second-order valence-corrected chi connectivity index (χ2v) is 7.64. The molecule has 0 aromatic carbocycles. The number of likely N-dealkylation sites (tertiary alicyclic amines) is 1. The minimum atomic E-state index is -0.619. The Balaban J connectivity index is 1.54. The van der Waals surface area contributed by atoms with Crippen LogP contribution in [0.5, 0.6) is 0 Å². The quantitative estimate of drug-likeness (QED) is 0.587. The molecule has 1 aliphatic carbocycles. The van der Waals surface area contributed by atoms with Crippen molar-refractivity contribution in [2.75, 3.05) is 33.4 Å². The fraction of sp³-hybridized carbons (Fsp3) is 0.650. The van der Waals surface area contributed by atoms with Crippen molar-refractivity contribution >= 4 is 11.8 Å². The van der Waals surface area contributed by atoms with Gasteiger partial charge in [0.05, 0.1) is 18.4 Å². The van der Waals surface area contributed by atoms with Crippen molar-refractivity contribution in [2.45, 2.75) is 44.2 Å². The van der Waals surface area contributed by atoms with Crippen LogP contribution in [0.2, 0.25) is 0 Å². The van der Waals surface area contributed by atoms with E-state index >= 15 is 0 Å². The monoisotopic (exact) mass is 392 g/mol. The first-order chi connectivity index (χ1) is 13.6. The van der Waals surface area contributed by atoms with Gasteiger partial charge in [-0.2, -0.15) is 0 Å². The number of methoxy groups -OCH3 is 1. The first-order valence-electron chi connectivity index (χ1n) is 9.97. The first kappa shape index (κ1) is 20.7. The third kappa shape index (κ3) is 5.72. The van der Waals surface area contributed by atoms with Gasteiger partial charge in [-0.25, -0.2) is 4.39 Å². The van der Waals surface area contributed by atoms with E-state index in [1.165, 1.54) is 25.1 Å². The number of carbonyl (C=O) groups excluding carboxylic acids is 2. The summed E-state index contributed by atoms with van der Waals surface area (Å²) in [5.74, 6) is -0.321. The topological polar surface area (TPSA) is 83.6 Å². The Hall–Kier alpha value is -2.06. The van der Waals surface area contributed by atoms with E-state index < -0.39 is 11.7 Å². The average molecular weight is 392 g/mol. The van der Waals surface area contributed by atoms with Gasteiger partial charge in [0.15, 0.2) is 5.82 Å². The Morgan fingerprint density at radius 1 is 1.25 bits per heavy atom. The van der Waals surface area contributed by atoms with Crippen LogP contribution in [0.3, 0.4) is 0 Å².